The van der Waals surface area contributed by atoms with E-state index >= 15 is 0 Å². The molecule has 1 rings (SSSR count). The standard InChI is InChI=1S/C14H21O4P/c1-2-8-14(15)16-11-6-7-12-17-19-18-13-9-4-3-5-10-13/h3-5,9-10,19H,2,6-8,11-12H2,1H3. The van der Waals surface area contributed by atoms with Crippen molar-refractivity contribution in [2.45, 2.75) is 32.6 Å². The van der Waals surface area contributed by atoms with Crippen LogP contribution in [-0.2, 0) is 14.1 Å². The van der Waals surface area contributed by atoms with Crippen molar-refractivity contribution >= 4 is 15.0 Å². The normalized spacial score (nSPS) is 10.8. The van der Waals surface area contributed by atoms with E-state index in [4.69, 9.17) is 13.8 Å². The zero-order chi connectivity index (χ0) is 13.8. The molecule has 0 radical (unpaired) electrons. The van der Waals surface area contributed by atoms with Gasteiger partial charge in [-0.15, -0.1) is 0 Å². The summed E-state index contributed by atoms with van der Waals surface area (Å²) >= 11 is 0. The maximum Gasteiger partial charge on any atom is 0.305 e. The molecule has 1 aromatic carbocycles. The molecule has 0 aliphatic heterocycles. The van der Waals surface area contributed by atoms with Crippen molar-refractivity contribution in [2.75, 3.05) is 13.2 Å². The molecule has 0 heterocycles. The van der Waals surface area contributed by atoms with E-state index in [0.29, 0.717) is 19.6 Å². The number of carbonyl (C=O) groups is 1. The third kappa shape index (κ3) is 8.57. The molecule has 0 amide bonds. The highest BCUT2D eigenvalue weighted by Crippen LogP contribution is 2.20. The Balaban J connectivity index is 1.88. The highest BCUT2D eigenvalue weighted by Gasteiger charge is 1.99. The van der Waals surface area contributed by atoms with E-state index in [1.54, 1.807) is 0 Å². The highest BCUT2D eigenvalue weighted by atomic mass is 31.1. The van der Waals surface area contributed by atoms with Crippen molar-refractivity contribution in [1.82, 2.24) is 0 Å². The van der Waals surface area contributed by atoms with Crippen molar-refractivity contribution in [3.63, 3.8) is 0 Å². The molecule has 0 saturated carbocycles. The lowest BCUT2D eigenvalue weighted by atomic mass is 10.3. The Labute approximate surface area is 116 Å². The second-order valence-corrected chi connectivity index (χ2v) is 4.68. The first kappa shape index (κ1) is 15.9. The van der Waals surface area contributed by atoms with Crippen LogP contribution in [0.4, 0.5) is 0 Å². The minimum atomic E-state index is -0.113. The van der Waals surface area contributed by atoms with Crippen molar-refractivity contribution in [1.29, 1.82) is 0 Å². The Hall–Kier alpha value is -1.12. The Morgan fingerprint density at radius 1 is 1.16 bits per heavy atom. The molecule has 1 unspecified atom stereocenters. The smallest absolute Gasteiger partial charge is 0.305 e. The summed E-state index contributed by atoms with van der Waals surface area (Å²) in [6.45, 7) is 3.06. The van der Waals surface area contributed by atoms with Crippen LogP contribution in [0.1, 0.15) is 32.6 Å². The molecule has 0 aliphatic rings. The summed E-state index contributed by atoms with van der Waals surface area (Å²) in [5.41, 5.74) is 0. The first-order valence-corrected chi connectivity index (χ1v) is 7.39. The van der Waals surface area contributed by atoms with Gasteiger partial charge in [0.1, 0.15) is 5.75 Å². The topological polar surface area (TPSA) is 44.8 Å². The van der Waals surface area contributed by atoms with Gasteiger partial charge in [0.15, 0.2) is 0 Å². The Morgan fingerprint density at radius 2 is 1.89 bits per heavy atom. The lowest BCUT2D eigenvalue weighted by Gasteiger charge is -2.06. The second kappa shape index (κ2) is 10.8. The minimum Gasteiger partial charge on any atom is -0.466 e. The molecule has 4 nitrogen and oxygen atoms in total. The molecule has 0 N–H and O–H groups in total. The van der Waals surface area contributed by atoms with Gasteiger partial charge < -0.3 is 13.8 Å². The van der Waals surface area contributed by atoms with E-state index in [1.165, 1.54) is 0 Å². The largest absolute Gasteiger partial charge is 0.466 e. The van der Waals surface area contributed by atoms with Gasteiger partial charge in [-0.25, -0.2) is 0 Å². The first-order valence-electron chi connectivity index (χ1n) is 6.57. The third-order valence-electron chi connectivity index (χ3n) is 2.32. The molecule has 106 valence electrons. The molecule has 0 aromatic heterocycles. The summed E-state index contributed by atoms with van der Waals surface area (Å²) in [5, 5.41) is 0. The maximum absolute atomic E-state index is 11.1. The van der Waals surface area contributed by atoms with E-state index in [9.17, 15) is 4.79 Å². The van der Waals surface area contributed by atoms with E-state index in [-0.39, 0.29) is 15.0 Å². The van der Waals surface area contributed by atoms with E-state index in [1.807, 2.05) is 37.3 Å². The highest BCUT2D eigenvalue weighted by molar-refractivity contribution is 7.26. The van der Waals surface area contributed by atoms with Gasteiger partial charge in [-0.2, -0.15) is 0 Å². The number of ether oxygens (including phenoxy) is 1. The van der Waals surface area contributed by atoms with Crippen LogP contribution in [0.15, 0.2) is 30.3 Å². The minimum absolute atomic E-state index is 0.00916. The van der Waals surface area contributed by atoms with Crippen molar-refractivity contribution in [2.24, 2.45) is 0 Å². The molecule has 0 aliphatic carbocycles. The number of esters is 1. The monoisotopic (exact) mass is 284 g/mol. The summed E-state index contributed by atoms with van der Waals surface area (Å²) in [7, 11) is 0.00916. The predicted octanol–water partition coefficient (Wildman–Crippen LogP) is 3.71. The molecule has 1 atom stereocenters. The van der Waals surface area contributed by atoms with Gasteiger partial charge in [0, 0.05) is 6.42 Å². The lowest BCUT2D eigenvalue weighted by molar-refractivity contribution is -0.143. The number of carbonyl (C=O) groups excluding carboxylic acids is 1. The van der Waals surface area contributed by atoms with Gasteiger partial charge in [-0.1, -0.05) is 25.1 Å². The summed E-state index contributed by atoms with van der Waals surface area (Å²) in [6, 6.07) is 9.57. The fourth-order valence-corrected chi connectivity index (χ4v) is 1.87. The Morgan fingerprint density at radius 3 is 2.63 bits per heavy atom. The van der Waals surface area contributed by atoms with E-state index in [0.717, 1.165) is 25.0 Å². The summed E-state index contributed by atoms with van der Waals surface area (Å²) in [5.74, 6) is 0.701. The summed E-state index contributed by atoms with van der Waals surface area (Å²) in [6.07, 6.45) is 3.03. The predicted molar refractivity (Wildman–Crippen MR) is 76.4 cm³/mol. The van der Waals surface area contributed by atoms with Crippen LogP contribution < -0.4 is 4.52 Å². The van der Waals surface area contributed by atoms with Gasteiger partial charge in [0.2, 0.25) is 9.03 Å². The summed E-state index contributed by atoms with van der Waals surface area (Å²) < 4.78 is 15.8. The molecule has 0 saturated heterocycles. The van der Waals surface area contributed by atoms with Crippen molar-refractivity contribution in [3.05, 3.63) is 30.3 Å². The number of rotatable bonds is 10. The van der Waals surface area contributed by atoms with Crippen LogP contribution in [0.3, 0.4) is 0 Å². The molecule has 0 spiro atoms. The van der Waals surface area contributed by atoms with E-state index in [2.05, 4.69) is 0 Å². The average molecular weight is 284 g/mol. The quantitative estimate of drug-likeness (QED) is 0.373. The third-order valence-corrected chi connectivity index (χ3v) is 2.96. The summed E-state index contributed by atoms with van der Waals surface area (Å²) in [4.78, 5) is 11.1. The number of benzene rings is 1. The van der Waals surface area contributed by atoms with Crippen LogP contribution >= 0.6 is 9.03 Å². The van der Waals surface area contributed by atoms with Crippen LogP contribution in [0.2, 0.25) is 0 Å². The van der Waals surface area contributed by atoms with Crippen LogP contribution in [0, 0.1) is 0 Å². The number of hydrogen-bond acceptors (Lipinski definition) is 4. The molecular formula is C14H21O4P. The van der Waals surface area contributed by atoms with E-state index < -0.39 is 0 Å². The SMILES string of the molecule is CCCC(=O)OCCCCOPOc1ccccc1. The number of unbranched alkanes of at least 4 members (excludes halogenated alkanes) is 1. The van der Waals surface area contributed by atoms with Gasteiger partial charge in [0.05, 0.1) is 13.2 Å². The van der Waals surface area contributed by atoms with Crippen LogP contribution in [0.5, 0.6) is 5.75 Å². The van der Waals surface area contributed by atoms with Crippen molar-refractivity contribution < 1.29 is 18.6 Å². The molecule has 0 fully saturated rings. The van der Waals surface area contributed by atoms with Crippen LogP contribution in [0.25, 0.3) is 0 Å². The number of hydrogen-bond donors (Lipinski definition) is 0. The lowest BCUT2D eigenvalue weighted by Crippen LogP contribution is -2.05. The number of para-hydroxylation sites is 1. The molecule has 19 heavy (non-hydrogen) atoms. The maximum atomic E-state index is 11.1. The molecular weight excluding hydrogens is 263 g/mol. The second-order valence-electron chi connectivity index (χ2n) is 4.02. The molecule has 0 bridgehead atoms. The molecule has 1 aromatic rings. The fraction of sp³-hybridized carbons (Fsp3) is 0.500. The first-order chi connectivity index (χ1) is 9.33. The fourth-order valence-electron chi connectivity index (χ4n) is 1.35. The van der Waals surface area contributed by atoms with Gasteiger partial charge in [-0.05, 0) is 31.4 Å². The van der Waals surface area contributed by atoms with Gasteiger partial charge in [-0.3, -0.25) is 4.79 Å². The zero-order valence-corrected chi connectivity index (χ0v) is 12.3. The Bertz CT molecular complexity index is 343. The molecule has 5 heteroatoms. The Kier molecular flexibility index (Phi) is 9.03. The van der Waals surface area contributed by atoms with Gasteiger partial charge in [0.25, 0.3) is 0 Å². The van der Waals surface area contributed by atoms with Gasteiger partial charge >= 0.3 is 5.97 Å². The average Bonchev–Trinajstić information content (AvgIpc) is 2.43. The van der Waals surface area contributed by atoms with Crippen LogP contribution in [-0.4, -0.2) is 19.2 Å². The zero-order valence-electron chi connectivity index (χ0n) is 11.3. The van der Waals surface area contributed by atoms with Crippen molar-refractivity contribution in [3.8, 4) is 5.75 Å².